The number of hydrogen-bond donors (Lipinski definition) is 2. The summed E-state index contributed by atoms with van der Waals surface area (Å²) in [5.74, 6) is -1.04. The van der Waals surface area contributed by atoms with Crippen LogP contribution in [0.4, 0.5) is 10.1 Å². The van der Waals surface area contributed by atoms with Crippen molar-refractivity contribution in [3.8, 4) is 0 Å². The molecule has 0 fully saturated rings. The number of unbranched alkanes of at least 4 members (excludes halogenated alkanes) is 2. The van der Waals surface area contributed by atoms with Crippen LogP contribution in [0.15, 0.2) is 16.6 Å². The monoisotopic (exact) mass is 317 g/mol. The van der Waals surface area contributed by atoms with Crippen molar-refractivity contribution in [3.05, 3.63) is 28.0 Å². The van der Waals surface area contributed by atoms with Gasteiger partial charge in [-0.15, -0.1) is 0 Å². The van der Waals surface area contributed by atoms with Crippen LogP contribution in [0.3, 0.4) is 0 Å². The minimum atomic E-state index is -0.756. The van der Waals surface area contributed by atoms with E-state index in [9.17, 15) is 9.18 Å². The Morgan fingerprint density at radius 2 is 2.11 bits per heavy atom. The van der Waals surface area contributed by atoms with E-state index < -0.39 is 5.97 Å². The highest BCUT2D eigenvalue weighted by molar-refractivity contribution is 9.10. The summed E-state index contributed by atoms with van der Waals surface area (Å²) in [6.45, 7) is 2.64. The highest BCUT2D eigenvalue weighted by Crippen LogP contribution is 2.23. The van der Waals surface area contributed by atoms with E-state index in [2.05, 4.69) is 21.2 Å². The number of halogens is 2. The molecule has 1 rings (SSSR count). The first-order valence-corrected chi connectivity index (χ1v) is 6.71. The van der Waals surface area contributed by atoms with Gasteiger partial charge in [0.2, 0.25) is 0 Å². The fourth-order valence-electron chi connectivity index (χ4n) is 1.64. The molecule has 0 heterocycles. The van der Waals surface area contributed by atoms with Crippen LogP contribution in [0.1, 0.15) is 31.2 Å². The van der Waals surface area contributed by atoms with Gasteiger partial charge in [0.1, 0.15) is 5.82 Å². The van der Waals surface area contributed by atoms with Crippen molar-refractivity contribution in [2.24, 2.45) is 0 Å². The Bertz CT molecular complexity index is 424. The van der Waals surface area contributed by atoms with Gasteiger partial charge in [0.25, 0.3) is 0 Å². The topological polar surface area (TPSA) is 49.3 Å². The van der Waals surface area contributed by atoms with E-state index >= 15 is 0 Å². The largest absolute Gasteiger partial charge is 0.481 e. The quantitative estimate of drug-likeness (QED) is 0.748. The van der Waals surface area contributed by atoms with Crippen molar-refractivity contribution in [2.75, 3.05) is 11.9 Å². The highest BCUT2D eigenvalue weighted by atomic mass is 79.9. The number of anilines is 1. The zero-order chi connectivity index (χ0) is 13.5. The molecule has 0 spiro atoms. The first kappa shape index (κ1) is 15.0. The predicted octanol–water partition coefficient (Wildman–Crippen LogP) is 3.95. The summed E-state index contributed by atoms with van der Waals surface area (Å²) in [4.78, 5) is 10.3. The summed E-state index contributed by atoms with van der Waals surface area (Å²) in [5.41, 5.74) is 1.77. The lowest BCUT2D eigenvalue weighted by atomic mass is 10.1. The molecule has 0 aliphatic carbocycles. The molecule has 0 amide bonds. The maximum Gasteiger partial charge on any atom is 0.303 e. The van der Waals surface area contributed by atoms with E-state index in [1.54, 1.807) is 6.07 Å². The van der Waals surface area contributed by atoms with E-state index in [0.29, 0.717) is 10.9 Å². The summed E-state index contributed by atoms with van der Waals surface area (Å²) in [7, 11) is 0. The van der Waals surface area contributed by atoms with Crippen molar-refractivity contribution in [1.29, 1.82) is 0 Å². The van der Waals surface area contributed by atoms with Gasteiger partial charge in [-0.25, -0.2) is 4.39 Å². The Balaban J connectivity index is 2.31. The number of nitrogens with one attached hydrogen (secondary N) is 1. The fourth-order valence-corrected chi connectivity index (χ4v) is 2.10. The second-order valence-electron chi connectivity index (χ2n) is 4.21. The standard InChI is InChI=1S/C13H17BrFNO2/c1-9-7-10(14)11(15)8-12(9)16-6-4-2-3-5-13(17)18/h7-8,16H,2-6H2,1H3,(H,17,18). The third-order valence-corrected chi connectivity index (χ3v) is 3.26. The number of carboxylic acids is 1. The molecule has 0 atom stereocenters. The molecule has 100 valence electrons. The molecule has 1 aromatic rings. The fraction of sp³-hybridized carbons (Fsp3) is 0.462. The van der Waals surface area contributed by atoms with Crippen molar-refractivity contribution in [3.63, 3.8) is 0 Å². The van der Waals surface area contributed by atoms with Crippen molar-refractivity contribution >= 4 is 27.6 Å². The zero-order valence-corrected chi connectivity index (χ0v) is 11.9. The normalized spacial score (nSPS) is 10.4. The molecule has 0 radical (unpaired) electrons. The van der Waals surface area contributed by atoms with E-state index in [1.807, 2.05) is 6.92 Å². The van der Waals surface area contributed by atoms with Gasteiger partial charge in [-0.3, -0.25) is 4.79 Å². The molecular formula is C13H17BrFNO2. The van der Waals surface area contributed by atoms with Gasteiger partial charge in [-0.2, -0.15) is 0 Å². The molecule has 0 aliphatic heterocycles. The van der Waals surface area contributed by atoms with E-state index in [1.165, 1.54) is 6.07 Å². The third-order valence-electron chi connectivity index (χ3n) is 2.65. The van der Waals surface area contributed by atoms with Crippen LogP contribution in [-0.2, 0) is 4.79 Å². The van der Waals surface area contributed by atoms with Crippen molar-refractivity contribution < 1.29 is 14.3 Å². The van der Waals surface area contributed by atoms with E-state index in [4.69, 9.17) is 5.11 Å². The van der Waals surface area contributed by atoms with Gasteiger partial charge in [-0.1, -0.05) is 6.42 Å². The van der Waals surface area contributed by atoms with Crippen LogP contribution in [0.5, 0.6) is 0 Å². The molecule has 18 heavy (non-hydrogen) atoms. The van der Waals surface area contributed by atoms with E-state index in [-0.39, 0.29) is 12.2 Å². The molecule has 5 heteroatoms. The minimum absolute atomic E-state index is 0.214. The average molecular weight is 318 g/mol. The first-order chi connectivity index (χ1) is 8.50. The Hall–Kier alpha value is -1.10. The average Bonchev–Trinajstić information content (AvgIpc) is 2.29. The van der Waals surface area contributed by atoms with Gasteiger partial charge >= 0.3 is 5.97 Å². The lowest BCUT2D eigenvalue weighted by molar-refractivity contribution is -0.137. The van der Waals surface area contributed by atoms with Gasteiger partial charge in [0.05, 0.1) is 4.47 Å². The minimum Gasteiger partial charge on any atom is -0.481 e. The second-order valence-corrected chi connectivity index (χ2v) is 5.07. The molecule has 3 nitrogen and oxygen atoms in total. The first-order valence-electron chi connectivity index (χ1n) is 5.92. The van der Waals surface area contributed by atoms with Crippen LogP contribution >= 0.6 is 15.9 Å². The molecule has 0 saturated heterocycles. The lowest BCUT2D eigenvalue weighted by Crippen LogP contribution is -2.04. The predicted molar refractivity (Wildman–Crippen MR) is 73.4 cm³/mol. The molecule has 2 N–H and O–H groups in total. The number of carboxylic acid groups (broad SMARTS) is 1. The second kappa shape index (κ2) is 7.36. The molecule has 1 aromatic carbocycles. The molecule has 0 saturated carbocycles. The SMILES string of the molecule is Cc1cc(Br)c(F)cc1NCCCCCC(=O)O. The lowest BCUT2D eigenvalue weighted by Gasteiger charge is -2.10. The number of aliphatic carboxylic acids is 1. The van der Waals surface area contributed by atoms with Crippen LogP contribution in [0, 0.1) is 12.7 Å². The van der Waals surface area contributed by atoms with Crippen LogP contribution in [-0.4, -0.2) is 17.6 Å². The van der Waals surface area contributed by atoms with Crippen LogP contribution < -0.4 is 5.32 Å². The summed E-state index contributed by atoms with van der Waals surface area (Å²) in [6, 6.07) is 3.21. The van der Waals surface area contributed by atoms with Crippen molar-refractivity contribution in [1.82, 2.24) is 0 Å². The zero-order valence-electron chi connectivity index (χ0n) is 10.3. The van der Waals surface area contributed by atoms with Gasteiger partial charge in [0.15, 0.2) is 0 Å². The molecule has 0 aliphatic rings. The van der Waals surface area contributed by atoms with Crippen LogP contribution in [0.25, 0.3) is 0 Å². The van der Waals surface area contributed by atoms with Crippen molar-refractivity contribution in [2.45, 2.75) is 32.6 Å². The highest BCUT2D eigenvalue weighted by Gasteiger charge is 2.04. The Kier molecular flexibility index (Phi) is 6.12. The number of benzene rings is 1. The van der Waals surface area contributed by atoms with Gasteiger partial charge in [-0.05, 0) is 53.4 Å². The Morgan fingerprint density at radius 1 is 1.39 bits per heavy atom. The molecule has 0 bridgehead atoms. The maximum absolute atomic E-state index is 13.3. The summed E-state index contributed by atoms with van der Waals surface area (Å²) >= 11 is 3.14. The number of rotatable bonds is 7. The smallest absolute Gasteiger partial charge is 0.303 e. The number of aryl methyl sites for hydroxylation is 1. The molecular weight excluding hydrogens is 301 g/mol. The Labute approximate surface area is 115 Å². The maximum atomic E-state index is 13.3. The summed E-state index contributed by atoms with van der Waals surface area (Å²) < 4.78 is 13.8. The molecule has 0 aromatic heterocycles. The Morgan fingerprint density at radius 3 is 2.78 bits per heavy atom. The number of hydrogen-bond acceptors (Lipinski definition) is 2. The third kappa shape index (κ3) is 5.04. The van der Waals surface area contributed by atoms with Gasteiger partial charge < -0.3 is 10.4 Å². The molecule has 0 unspecified atom stereocenters. The summed E-state index contributed by atoms with van der Waals surface area (Å²) in [5, 5.41) is 11.6. The van der Waals surface area contributed by atoms with Gasteiger partial charge in [0, 0.05) is 18.7 Å². The van der Waals surface area contributed by atoms with E-state index in [0.717, 1.165) is 30.6 Å². The number of carbonyl (C=O) groups is 1. The summed E-state index contributed by atoms with van der Waals surface area (Å²) in [6.07, 6.45) is 2.64. The van der Waals surface area contributed by atoms with Crippen LogP contribution in [0.2, 0.25) is 0 Å².